The Labute approximate surface area is 134 Å². The van der Waals surface area contributed by atoms with Gasteiger partial charge in [0.15, 0.2) is 6.10 Å². The highest BCUT2D eigenvalue weighted by atomic mass is 16.6. The van der Waals surface area contributed by atoms with E-state index in [2.05, 4.69) is 5.32 Å². The lowest BCUT2D eigenvalue weighted by Crippen LogP contribution is -2.30. The van der Waals surface area contributed by atoms with Crippen LogP contribution < -0.4 is 10.1 Å². The van der Waals surface area contributed by atoms with E-state index in [0.717, 1.165) is 11.1 Å². The van der Waals surface area contributed by atoms with Gasteiger partial charge in [0.1, 0.15) is 5.75 Å². The molecule has 0 saturated carbocycles. The van der Waals surface area contributed by atoms with Crippen molar-refractivity contribution in [2.75, 3.05) is 5.32 Å². The van der Waals surface area contributed by atoms with Crippen molar-refractivity contribution in [3.8, 4) is 5.75 Å². The van der Waals surface area contributed by atoms with Crippen LogP contribution in [0.5, 0.6) is 5.75 Å². The van der Waals surface area contributed by atoms with Gasteiger partial charge in [0.2, 0.25) is 0 Å². The number of carbonyl (C=O) groups excluding carboxylic acids is 1. The third kappa shape index (κ3) is 4.06. The molecule has 0 fully saturated rings. The lowest BCUT2D eigenvalue weighted by atomic mass is 10.1. The number of nitrogens with zero attached hydrogens (tertiary/aromatic N) is 1. The number of hydrogen-bond donors (Lipinski definition) is 1. The average Bonchev–Trinajstić information content (AvgIpc) is 2.51. The molecule has 120 valence electrons. The van der Waals surface area contributed by atoms with Gasteiger partial charge in [0.05, 0.1) is 10.6 Å². The van der Waals surface area contributed by atoms with Gasteiger partial charge in [0.25, 0.3) is 11.6 Å². The first-order chi connectivity index (χ1) is 10.9. The minimum Gasteiger partial charge on any atom is -0.481 e. The molecule has 6 heteroatoms. The van der Waals surface area contributed by atoms with Gasteiger partial charge >= 0.3 is 0 Å². The molecule has 0 radical (unpaired) electrons. The highest BCUT2D eigenvalue weighted by molar-refractivity contribution is 5.95. The smallest absolute Gasteiger partial charge is 0.271 e. The van der Waals surface area contributed by atoms with Crippen molar-refractivity contribution < 1.29 is 14.5 Å². The SMILES string of the molecule is Cc1ccc([N+](=O)[O-])cc1NC(=O)C(C)Oc1ccccc1C. The second-order valence-electron chi connectivity index (χ2n) is 5.27. The van der Waals surface area contributed by atoms with E-state index in [1.807, 2.05) is 25.1 Å². The molecule has 1 atom stereocenters. The minimum atomic E-state index is -0.727. The number of hydrogen-bond acceptors (Lipinski definition) is 4. The summed E-state index contributed by atoms with van der Waals surface area (Å²) in [5.41, 5.74) is 2.01. The van der Waals surface area contributed by atoms with Gasteiger partial charge in [-0.1, -0.05) is 24.3 Å². The van der Waals surface area contributed by atoms with Crippen molar-refractivity contribution in [3.63, 3.8) is 0 Å². The molecule has 23 heavy (non-hydrogen) atoms. The fraction of sp³-hybridized carbons (Fsp3) is 0.235. The van der Waals surface area contributed by atoms with Crippen LogP contribution in [0.4, 0.5) is 11.4 Å². The van der Waals surface area contributed by atoms with Crippen LogP contribution in [0.15, 0.2) is 42.5 Å². The Morgan fingerprint density at radius 2 is 1.87 bits per heavy atom. The van der Waals surface area contributed by atoms with Crippen LogP contribution in [0.2, 0.25) is 0 Å². The molecule has 0 saturated heterocycles. The summed E-state index contributed by atoms with van der Waals surface area (Å²) in [6, 6.07) is 11.7. The molecule has 0 aliphatic rings. The number of amides is 1. The van der Waals surface area contributed by atoms with E-state index in [1.165, 1.54) is 12.1 Å². The van der Waals surface area contributed by atoms with Crippen LogP contribution in [0, 0.1) is 24.0 Å². The predicted molar refractivity (Wildman–Crippen MR) is 87.7 cm³/mol. The van der Waals surface area contributed by atoms with E-state index in [9.17, 15) is 14.9 Å². The molecule has 1 N–H and O–H groups in total. The maximum Gasteiger partial charge on any atom is 0.271 e. The largest absolute Gasteiger partial charge is 0.481 e. The number of para-hydroxylation sites is 1. The van der Waals surface area contributed by atoms with Crippen LogP contribution >= 0.6 is 0 Å². The fourth-order valence-corrected chi connectivity index (χ4v) is 2.03. The number of benzene rings is 2. The highest BCUT2D eigenvalue weighted by Gasteiger charge is 2.18. The van der Waals surface area contributed by atoms with Crippen LogP contribution in [-0.2, 0) is 4.79 Å². The van der Waals surface area contributed by atoms with Crippen LogP contribution in [-0.4, -0.2) is 16.9 Å². The van der Waals surface area contributed by atoms with E-state index >= 15 is 0 Å². The van der Waals surface area contributed by atoms with Gasteiger partial charge in [-0.25, -0.2) is 0 Å². The molecular formula is C17H18N2O4. The Morgan fingerprint density at radius 3 is 2.52 bits per heavy atom. The summed E-state index contributed by atoms with van der Waals surface area (Å²) >= 11 is 0. The zero-order chi connectivity index (χ0) is 17.0. The van der Waals surface area contributed by atoms with E-state index < -0.39 is 11.0 Å². The molecule has 2 aromatic rings. The number of anilines is 1. The molecule has 0 aliphatic heterocycles. The lowest BCUT2D eigenvalue weighted by Gasteiger charge is -2.17. The maximum absolute atomic E-state index is 12.3. The summed E-state index contributed by atoms with van der Waals surface area (Å²) in [7, 11) is 0. The summed E-state index contributed by atoms with van der Waals surface area (Å²) in [5, 5.41) is 13.5. The van der Waals surface area contributed by atoms with Crippen LogP contribution in [0.1, 0.15) is 18.1 Å². The first-order valence-electron chi connectivity index (χ1n) is 7.16. The Morgan fingerprint density at radius 1 is 1.17 bits per heavy atom. The second kappa shape index (κ2) is 6.91. The molecule has 0 aromatic heterocycles. The number of rotatable bonds is 5. The normalized spacial score (nSPS) is 11.6. The molecule has 0 heterocycles. The maximum atomic E-state index is 12.3. The van der Waals surface area contributed by atoms with E-state index in [0.29, 0.717) is 11.4 Å². The van der Waals surface area contributed by atoms with Crippen LogP contribution in [0.3, 0.4) is 0 Å². The van der Waals surface area contributed by atoms with E-state index in [-0.39, 0.29) is 11.6 Å². The average molecular weight is 314 g/mol. The molecule has 0 aliphatic carbocycles. The van der Waals surface area contributed by atoms with Crippen molar-refractivity contribution in [1.29, 1.82) is 0 Å². The van der Waals surface area contributed by atoms with E-state index in [4.69, 9.17) is 4.74 Å². The highest BCUT2D eigenvalue weighted by Crippen LogP contribution is 2.23. The van der Waals surface area contributed by atoms with Gasteiger partial charge in [-0.2, -0.15) is 0 Å². The van der Waals surface area contributed by atoms with Crippen molar-refractivity contribution >= 4 is 17.3 Å². The zero-order valence-corrected chi connectivity index (χ0v) is 13.2. The van der Waals surface area contributed by atoms with Gasteiger partial charge in [0, 0.05) is 12.1 Å². The number of non-ortho nitro benzene ring substituents is 1. The second-order valence-corrected chi connectivity index (χ2v) is 5.27. The van der Waals surface area contributed by atoms with Gasteiger partial charge in [-0.05, 0) is 38.0 Å². The number of nitrogens with one attached hydrogen (secondary N) is 1. The lowest BCUT2D eigenvalue weighted by molar-refractivity contribution is -0.384. The monoisotopic (exact) mass is 314 g/mol. The third-order valence-electron chi connectivity index (χ3n) is 3.46. The number of nitro groups is 1. The Kier molecular flexibility index (Phi) is 4.95. The first kappa shape index (κ1) is 16.5. The standard InChI is InChI=1S/C17H18N2O4/c1-11-8-9-14(19(21)22)10-15(11)18-17(20)13(3)23-16-7-5-4-6-12(16)2/h4-10,13H,1-3H3,(H,18,20). The number of carbonyl (C=O) groups is 1. The van der Waals surface area contributed by atoms with Gasteiger partial charge in [-0.3, -0.25) is 14.9 Å². The predicted octanol–water partition coefficient (Wildman–Crippen LogP) is 3.62. The van der Waals surface area contributed by atoms with Crippen molar-refractivity contribution in [2.24, 2.45) is 0 Å². The molecule has 0 bridgehead atoms. The van der Waals surface area contributed by atoms with E-state index in [1.54, 1.807) is 26.0 Å². The molecule has 2 aromatic carbocycles. The molecule has 6 nitrogen and oxygen atoms in total. The van der Waals surface area contributed by atoms with Crippen molar-refractivity contribution in [3.05, 3.63) is 63.7 Å². The first-order valence-corrected chi connectivity index (χ1v) is 7.16. The quantitative estimate of drug-likeness (QED) is 0.675. The summed E-state index contributed by atoms with van der Waals surface area (Å²) in [5.74, 6) is 0.266. The molecule has 1 unspecified atom stereocenters. The number of nitro benzene ring substituents is 1. The Hall–Kier alpha value is -2.89. The summed E-state index contributed by atoms with van der Waals surface area (Å²) in [6.07, 6.45) is -0.727. The Bertz CT molecular complexity index is 743. The molecule has 1 amide bonds. The number of aryl methyl sites for hydroxylation is 2. The topological polar surface area (TPSA) is 81.5 Å². The molecular weight excluding hydrogens is 296 g/mol. The zero-order valence-electron chi connectivity index (χ0n) is 13.2. The van der Waals surface area contributed by atoms with Crippen molar-refractivity contribution in [2.45, 2.75) is 26.9 Å². The minimum absolute atomic E-state index is 0.0709. The number of ether oxygens (including phenoxy) is 1. The summed E-state index contributed by atoms with van der Waals surface area (Å²) in [4.78, 5) is 22.6. The molecule has 0 spiro atoms. The summed E-state index contributed by atoms with van der Waals surface area (Å²) < 4.78 is 5.65. The third-order valence-corrected chi connectivity index (χ3v) is 3.46. The fourth-order valence-electron chi connectivity index (χ4n) is 2.03. The van der Waals surface area contributed by atoms with Gasteiger partial charge in [-0.15, -0.1) is 0 Å². The van der Waals surface area contributed by atoms with Crippen molar-refractivity contribution in [1.82, 2.24) is 0 Å². The van der Waals surface area contributed by atoms with Crippen LogP contribution in [0.25, 0.3) is 0 Å². The molecule has 2 rings (SSSR count). The van der Waals surface area contributed by atoms with Gasteiger partial charge < -0.3 is 10.1 Å². The summed E-state index contributed by atoms with van der Waals surface area (Å²) in [6.45, 7) is 5.30. The Balaban J connectivity index is 2.11.